The molecule has 0 saturated carbocycles. The molecule has 1 saturated heterocycles. The molecular formula is C12H21N5O2. The van der Waals surface area contributed by atoms with Crippen LogP contribution in [-0.4, -0.2) is 40.4 Å². The number of nitro groups is 1. The molecule has 0 spiro atoms. The minimum absolute atomic E-state index is 0.179. The Kier molecular flexibility index (Phi) is 4.04. The van der Waals surface area contributed by atoms with Crippen LogP contribution in [0.4, 0.5) is 11.5 Å². The van der Waals surface area contributed by atoms with Crippen molar-refractivity contribution in [2.24, 2.45) is 7.05 Å². The van der Waals surface area contributed by atoms with Crippen LogP contribution in [0.3, 0.4) is 0 Å². The molecule has 1 aliphatic heterocycles. The van der Waals surface area contributed by atoms with Crippen LogP contribution in [0.2, 0.25) is 0 Å². The molecule has 7 heteroatoms. The molecular weight excluding hydrogens is 246 g/mol. The van der Waals surface area contributed by atoms with E-state index in [0.29, 0.717) is 24.0 Å². The molecule has 0 aromatic carbocycles. The molecule has 1 fully saturated rings. The van der Waals surface area contributed by atoms with Crippen molar-refractivity contribution in [3.05, 3.63) is 15.8 Å². The number of hydrogen-bond donors (Lipinski definition) is 1. The molecule has 1 N–H and O–H groups in total. The number of aryl methyl sites for hydroxylation is 2. The van der Waals surface area contributed by atoms with Crippen LogP contribution in [0.1, 0.15) is 26.0 Å². The number of piperazine rings is 1. The Bertz CT molecular complexity index is 471. The molecule has 0 radical (unpaired) electrons. The van der Waals surface area contributed by atoms with Crippen LogP contribution in [-0.2, 0) is 13.5 Å². The topological polar surface area (TPSA) is 76.2 Å². The summed E-state index contributed by atoms with van der Waals surface area (Å²) >= 11 is 0. The highest BCUT2D eigenvalue weighted by Gasteiger charge is 2.31. The number of nitrogens with zero attached hydrogens (tertiary/aromatic N) is 4. The lowest BCUT2D eigenvalue weighted by Crippen LogP contribution is -2.50. The summed E-state index contributed by atoms with van der Waals surface area (Å²) in [6.07, 6.45) is 1.50. The zero-order chi connectivity index (χ0) is 14.0. The lowest BCUT2D eigenvalue weighted by Gasteiger charge is -2.32. The van der Waals surface area contributed by atoms with E-state index in [-0.39, 0.29) is 10.6 Å². The van der Waals surface area contributed by atoms with Gasteiger partial charge in [-0.3, -0.25) is 10.1 Å². The molecule has 19 heavy (non-hydrogen) atoms. The van der Waals surface area contributed by atoms with Crippen molar-refractivity contribution >= 4 is 11.5 Å². The Morgan fingerprint density at radius 3 is 2.89 bits per heavy atom. The molecule has 1 aromatic heterocycles. The quantitative estimate of drug-likeness (QED) is 0.652. The van der Waals surface area contributed by atoms with Gasteiger partial charge in [0.15, 0.2) is 0 Å². The fraction of sp³-hybridized carbons (Fsp3) is 0.750. The van der Waals surface area contributed by atoms with E-state index in [1.165, 1.54) is 0 Å². The van der Waals surface area contributed by atoms with Crippen molar-refractivity contribution in [2.75, 3.05) is 24.5 Å². The largest absolute Gasteiger partial charge is 0.348 e. The molecule has 106 valence electrons. The summed E-state index contributed by atoms with van der Waals surface area (Å²) in [4.78, 5) is 13.1. The van der Waals surface area contributed by atoms with Gasteiger partial charge in [0, 0.05) is 32.7 Å². The molecule has 1 aromatic rings. The lowest BCUT2D eigenvalue weighted by atomic mass is 10.2. The van der Waals surface area contributed by atoms with Crippen LogP contribution >= 0.6 is 0 Å². The second-order valence-corrected chi connectivity index (χ2v) is 5.05. The highest BCUT2D eigenvalue weighted by molar-refractivity contribution is 5.62. The fourth-order valence-electron chi connectivity index (χ4n) is 2.63. The molecule has 0 aliphatic carbocycles. The Labute approximate surface area is 112 Å². The van der Waals surface area contributed by atoms with Gasteiger partial charge in [0.2, 0.25) is 5.82 Å². The monoisotopic (exact) mass is 267 g/mol. The normalized spacial score (nSPS) is 19.7. The second-order valence-electron chi connectivity index (χ2n) is 5.05. The molecule has 2 rings (SSSR count). The average molecular weight is 267 g/mol. The number of aromatic nitrogens is 2. The predicted octanol–water partition coefficient (Wildman–Crippen LogP) is 1.08. The zero-order valence-electron chi connectivity index (χ0n) is 11.7. The van der Waals surface area contributed by atoms with Gasteiger partial charge in [-0.15, -0.1) is 0 Å². The Morgan fingerprint density at radius 2 is 2.32 bits per heavy atom. The van der Waals surface area contributed by atoms with Crippen molar-refractivity contribution in [1.82, 2.24) is 15.1 Å². The first-order valence-corrected chi connectivity index (χ1v) is 6.73. The molecule has 2 heterocycles. The summed E-state index contributed by atoms with van der Waals surface area (Å²) in [5.41, 5.74) is 0.773. The van der Waals surface area contributed by atoms with Crippen LogP contribution in [0.25, 0.3) is 0 Å². The summed E-state index contributed by atoms with van der Waals surface area (Å²) in [6, 6.07) is 0.331. The van der Waals surface area contributed by atoms with Gasteiger partial charge in [-0.25, -0.2) is 4.68 Å². The summed E-state index contributed by atoms with van der Waals surface area (Å²) in [7, 11) is 1.79. The van der Waals surface area contributed by atoms with Gasteiger partial charge in [-0.05, 0) is 13.3 Å². The van der Waals surface area contributed by atoms with Crippen molar-refractivity contribution in [1.29, 1.82) is 0 Å². The molecule has 7 nitrogen and oxygen atoms in total. The Morgan fingerprint density at radius 1 is 1.58 bits per heavy atom. The van der Waals surface area contributed by atoms with E-state index in [1.807, 2.05) is 6.92 Å². The lowest BCUT2D eigenvalue weighted by molar-refractivity contribution is -0.384. The van der Waals surface area contributed by atoms with Gasteiger partial charge in [0.25, 0.3) is 0 Å². The summed E-state index contributed by atoms with van der Waals surface area (Å²) in [5.74, 6) is 0.641. The van der Waals surface area contributed by atoms with E-state index in [9.17, 15) is 10.1 Å². The molecule has 0 amide bonds. The number of nitrogens with one attached hydrogen (secondary N) is 1. The van der Waals surface area contributed by atoms with E-state index < -0.39 is 0 Å². The molecule has 1 aliphatic rings. The molecule has 1 atom stereocenters. The van der Waals surface area contributed by atoms with E-state index >= 15 is 0 Å². The SMILES string of the molecule is CCCc1nn(C)c(N2CCN[C@H](C)C2)c1[N+](=O)[O-]. The highest BCUT2D eigenvalue weighted by atomic mass is 16.6. The van der Waals surface area contributed by atoms with Gasteiger partial charge < -0.3 is 10.2 Å². The number of hydrogen-bond acceptors (Lipinski definition) is 5. The second kappa shape index (κ2) is 5.56. The van der Waals surface area contributed by atoms with Crippen molar-refractivity contribution in [3.63, 3.8) is 0 Å². The first kappa shape index (κ1) is 13.8. The smallest absolute Gasteiger partial charge is 0.334 e. The van der Waals surface area contributed by atoms with Crippen LogP contribution in [0.15, 0.2) is 0 Å². The first-order chi connectivity index (χ1) is 9.04. The minimum Gasteiger partial charge on any atom is -0.348 e. The van der Waals surface area contributed by atoms with Crippen molar-refractivity contribution in [3.8, 4) is 0 Å². The van der Waals surface area contributed by atoms with Gasteiger partial charge in [0.1, 0.15) is 5.69 Å². The zero-order valence-corrected chi connectivity index (χ0v) is 11.7. The van der Waals surface area contributed by atoms with E-state index in [0.717, 1.165) is 26.1 Å². The first-order valence-electron chi connectivity index (χ1n) is 6.73. The Balaban J connectivity index is 2.40. The van der Waals surface area contributed by atoms with E-state index in [1.54, 1.807) is 11.7 Å². The third-order valence-corrected chi connectivity index (χ3v) is 3.40. The summed E-state index contributed by atoms with van der Waals surface area (Å²) < 4.78 is 1.65. The fourth-order valence-corrected chi connectivity index (χ4v) is 2.63. The number of anilines is 1. The van der Waals surface area contributed by atoms with Gasteiger partial charge in [-0.1, -0.05) is 13.3 Å². The van der Waals surface area contributed by atoms with E-state index in [4.69, 9.17) is 0 Å². The van der Waals surface area contributed by atoms with Crippen LogP contribution in [0, 0.1) is 10.1 Å². The van der Waals surface area contributed by atoms with Crippen molar-refractivity contribution < 1.29 is 4.92 Å². The van der Waals surface area contributed by atoms with Gasteiger partial charge in [-0.2, -0.15) is 5.10 Å². The maximum absolute atomic E-state index is 11.4. The standard InChI is InChI=1S/C12H21N5O2/c1-4-5-10-11(17(18)19)12(15(3)14-10)16-7-6-13-9(2)8-16/h9,13H,4-8H2,1-3H3/t9-/m1/s1. The third kappa shape index (κ3) is 2.70. The highest BCUT2D eigenvalue weighted by Crippen LogP contribution is 2.32. The van der Waals surface area contributed by atoms with Crippen LogP contribution < -0.4 is 10.2 Å². The van der Waals surface area contributed by atoms with Crippen LogP contribution in [0.5, 0.6) is 0 Å². The summed E-state index contributed by atoms with van der Waals surface area (Å²) in [6.45, 7) is 6.47. The third-order valence-electron chi connectivity index (χ3n) is 3.40. The van der Waals surface area contributed by atoms with Gasteiger partial charge in [0.05, 0.1) is 4.92 Å². The Hall–Kier alpha value is -1.63. The maximum Gasteiger partial charge on any atom is 0.334 e. The molecule has 0 unspecified atom stereocenters. The predicted molar refractivity (Wildman–Crippen MR) is 73.5 cm³/mol. The molecule has 0 bridgehead atoms. The average Bonchev–Trinajstić information content (AvgIpc) is 2.66. The minimum atomic E-state index is -0.292. The van der Waals surface area contributed by atoms with Crippen molar-refractivity contribution in [2.45, 2.75) is 32.7 Å². The summed E-state index contributed by atoms with van der Waals surface area (Å²) in [5, 5.41) is 19.0. The van der Waals surface area contributed by atoms with E-state index in [2.05, 4.69) is 22.2 Å². The maximum atomic E-state index is 11.4. The van der Waals surface area contributed by atoms with Gasteiger partial charge >= 0.3 is 5.69 Å². The number of rotatable bonds is 4.